The van der Waals surface area contributed by atoms with E-state index in [1.807, 2.05) is 25.1 Å². The van der Waals surface area contributed by atoms with Gasteiger partial charge >= 0.3 is 5.97 Å². The van der Waals surface area contributed by atoms with E-state index in [1.54, 1.807) is 12.1 Å². The van der Waals surface area contributed by atoms with E-state index in [4.69, 9.17) is 0 Å². The summed E-state index contributed by atoms with van der Waals surface area (Å²) in [7, 11) is 0. The molecule has 0 bridgehead atoms. The second-order valence-electron chi connectivity index (χ2n) is 7.15. The number of nitrogens with zero attached hydrogens (tertiary/aromatic N) is 1. The van der Waals surface area contributed by atoms with E-state index in [1.165, 1.54) is 33.7 Å². The lowest BCUT2D eigenvalue weighted by Gasteiger charge is -2.08. The maximum Gasteiger partial charge on any atom is 0.337 e. The van der Waals surface area contributed by atoms with Gasteiger partial charge in [0, 0.05) is 15.8 Å². The van der Waals surface area contributed by atoms with Crippen molar-refractivity contribution in [2.45, 2.75) is 19.8 Å². The molecule has 3 aromatic carbocycles. The number of hydrogen-bond donors (Lipinski definition) is 2. The Bertz CT molecular complexity index is 1290. The largest absolute Gasteiger partial charge is 0.478 e. The van der Waals surface area contributed by atoms with Crippen molar-refractivity contribution in [3.8, 4) is 0 Å². The highest BCUT2D eigenvalue weighted by molar-refractivity contribution is 9.10. The summed E-state index contributed by atoms with van der Waals surface area (Å²) in [5.74, 6) is -1.36. The molecule has 1 aromatic heterocycles. The highest BCUT2D eigenvalue weighted by Crippen LogP contribution is 2.26. The van der Waals surface area contributed by atoms with Gasteiger partial charge in [0.1, 0.15) is 0 Å². The molecular formula is C24H19BrN2O3S. The number of hydrogen-bond acceptors (Lipinski definition) is 4. The second-order valence-corrected chi connectivity index (χ2v) is 9.24. The van der Waals surface area contributed by atoms with E-state index in [9.17, 15) is 14.7 Å². The molecule has 0 atom stereocenters. The molecule has 2 N–H and O–H groups in total. The molecule has 0 saturated carbocycles. The number of amides is 1. The molecular weight excluding hydrogens is 476 g/mol. The summed E-state index contributed by atoms with van der Waals surface area (Å²) in [6.07, 6.45) is 0.846. The molecule has 0 aliphatic rings. The van der Waals surface area contributed by atoms with Crippen LogP contribution in [0.5, 0.6) is 0 Å². The number of aromatic carboxylic acids is 1. The number of carbonyl (C=O) groups excluding carboxylic acids is 1. The quantitative estimate of drug-likeness (QED) is 0.353. The Balaban J connectivity index is 1.51. The number of thiazole rings is 1. The molecule has 0 aliphatic carbocycles. The minimum Gasteiger partial charge on any atom is -0.478 e. The molecule has 1 heterocycles. The average Bonchev–Trinajstić information content (AvgIpc) is 3.08. The Hall–Kier alpha value is -3.03. The normalized spacial score (nSPS) is 10.9. The summed E-state index contributed by atoms with van der Waals surface area (Å²) in [4.78, 5) is 29.6. The fourth-order valence-electron chi connectivity index (χ4n) is 3.48. The van der Waals surface area contributed by atoms with Crippen LogP contribution in [-0.4, -0.2) is 22.0 Å². The van der Waals surface area contributed by atoms with Crippen LogP contribution in [0, 0.1) is 6.92 Å². The molecule has 0 unspecified atom stereocenters. The second kappa shape index (κ2) is 8.99. The van der Waals surface area contributed by atoms with E-state index >= 15 is 0 Å². The Morgan fingerprint density at radius 2 is 1.87 bits per heavy atom. The SMILES string of the molecule is Cc1nc(Cc2cccc3ccccc23)sc1CC(=O)Nc1ccc(Br)cc1C(=O)O. The van der Waals surface area contributed by atoms with E-state index in [2.05, 4.69) is 50.5 Å². The van der Waals surface area contributed by atoms with Crippen LogP contribution in [0.25, 0.3) is 10.8 Å². The number of anilines is 1. The number of rotatable bonds is 6. The number of benzene rings is 3. The number of aryl methyl sites for hydroxylation is 1. The van der Waals surface area contributed by atoms with Crippen LogP contribution in [0.2, 0.25) is 0 Å². The Morgan fingerprint density at radius 3 is 2.68 bits per heavy atom. The zero-order chi connectivity index (χ0) is 22.0. The first kappa shape index (κ1) is 21.2. The molecule has 0 saturated heterocycles. The number of carbonyl (C=O) groups is 2. The zero-order valence-electron chi connectivity index (χ0n) is 16.7. The summed E-state index contributed by atoms with van der Waals surface area (Å²) in [5.41, 5.74) is 2.34. The van der Waals surface area contributed by atoms with Crippen LogP contribution in [-0.2, 0) is 17.6 Å². The third kappa shape index (κ3) is 4.84. The third-order valence-electron chi connectivity index (χ3n) is 4.97. The van der Waals surface area contributed by atoms with Crippen molar-refractivity contribution in [3.63, 3.8) is 0 Å². The van der Waals surface area contributed by atoms with Crippen molar-refractivity contribution in [1.29, 1.82) is 0 Å². The van der Waals surface area contributed by atoms with E-state index < -0.39 is 5.97 Å². The summed E-state index contributed by atoms with van der Waals surface area (Å²) in [6.45, 7) is 1.90. The maximum atomic E-state index is 12.6. The van der Waals surface area contributed by atoms with Crippen molar-refractivity contribution in [3.05, 3.63) is 91.8 Å². The molecule has 1 amide bonds. The molecule has 5 nitrogen and oxygen atoms in total. The molecule has 7 heteroatoms. The van der Waals surface area contributed by atoms with Gasteiger partial charge in [-0.05, 0) is 41.5 Å². The lowest BCUT2D eigenvalue weighted by Crippen LogP contribution is -2.16. The van der Waals surface area contributed by atoms with Crippen LogP contribution < -0.4 is 5.32 Å². The average molecular weight is 495 g/mol. The molecule has 0 aliphatic heterocycles. The first-order chi connectivity index (χ1) is 14.9. The van der Waals surface area contributed by atoms with Crippen LogP contribution in [0.4, 0.5) is 5.69 Å². The standard InChI is InChI=1S/C24H19BrN2O3S/c1-14-21(13-22(28)27-20-10-9-17(25)12-19(20)24(29)30)31-23(26-14)11-16-7-4-6-15-5-2-3-8-18(15)16/h2-10,12H,11,13H2,1H3,(H,27,28)(H,29,30). The lowest BCUT2D eigenvalue weighted by molar-refractivity contribution is -0.115. The topological polar surface area (TPSA) is 79.3 Å². The number of nitrogens with one attached hydrogen (secondary N) is 1. The van der Waals surface area contributed by atoms with E-state index in [-0.39, 0.29) is 23.6 Å². The summed E-state index contributed by atoms with van der Waals surface area (Å²) < 4.78 is 0.638. The summed E-state index contributed by atoms with van der Waals surface area (Å²) in [6, 6.07) is 19.2. The predicted molar refractivity (Wildman–Crippen MR) is 127 cm³/mol. The molecule has 4 aromatic rings. The van der Waals surface area contributed by atoms with Gasteiger partial charge in [-0.1, -0.05) is 58.4 Å². The molecule has 0 fully saturated rings. The van der Waals surface area contributed by atoms with Crippen molar-refractivity contribution in [2.24, 2.45) is 0 Å². The molecule has 0 spiro atoms. The van der Waals surface area contributed by atoms with Crippen LogP contribution >= 0.6 is 27.3 Å². The number of halogens is 1. The monoisotopic (exact) mass is 494 g/mol. The lowest BCUT2D eigenvalue weighted by atomic mass is 10.0. The first-order valence-corrected chi connectivity index (χ1v) is 11.3. The number of fused-ring (bicyclic) bond motifs is 1. The summed E-state index contributed by atoms with van der Waals surface area (Å²) in [5, 5.41) is 15.4. The van der Waals surface area contributed by atoms with E-state index in [0.29, 0.717) is 10.9 Å². The number of carboxylic acids is 1. The maximum absolute atomic E-state index is 12.6. The van der Waals surface area contributed by atoms with Gasteiger partial charge in [-0.2, -0.15) is 0 Å². The molecule has 156 valence electrons. The van der Waals surface area contributed by atoms with Gasteiger partial charge in [0.15, 0.2) is 0 Å². The molecule has 31 heavy (non-hydrogen) atoms. The van der Waals surface area contributed by atoms with Gasteiger partial charge in [-0.25, -0.2) is 9.78 Å². The smallest absolute Gasteiger partial charge is 0.337 e. The summed E-state index contributed by atoms with van der Waals surface area (Å²) >= 11 is 4.78. The molecule has 4 rings (SSSR count). The highest BCUT2D eigenvalue weighted by atomic mass is 79.9. The van der Waals surface area contributed by atoms with Gasteiger partial charge in [-0.15, -0.1) is 11.3 Å². The van der Waals surface area contributed by atoms with Gasteiger partial charge in [0.2, 0.25) is 5.91 Å². The highest BCUT2D eigenvalue weighted by Gasteiger charge is 2.16. The minimum atomic E-state index is -1.09. The fourth-order valence-corrected chi connectivity index (χ4v) is 4.93. The minimum absolute atomic E-state index is 0.0420. The van der Waals surface area contributed by atoms with Crippen molar-refractivity contribution in [1.82, 2.24) is 4.98 Å². The number of aromatic nitrogens is 1. The zero-order valence-corrected chi connectivity index (χ0v) is 19.1. The van der Waals surface area contributed by atoms with Gasteiger partial charge in [0.25, 0.3) is 0 Å². The Morgan fingerprint density at radius 1 is 1.10 bits per heavy atom. The third-order valence-corrected chi connectivity index (χ3v) is 6.62. The first-order valence-electron chi connectivity index (χ1n) is 9.65. The molecule has 0 radical (unpaired) electrons. The van der Waals surface area contributed by atoms with Gasteiger partial charge in [-0.3, -0.25) is 4.79 Å². The van der Waals surface area contributed by atoms with Crippen LogP contribution in [0.1, 0.15) is 31.5 Å². The Labute approximate surface area is 191 Å². The van der Waals surface area contributed by atoms with Crippen molar-refractivity contribution >= 4 is 55.6 Å². The predicted octanol–water partition coefficient (Wildman–Crippen LogP) is 5.84. The van der Waals surface area contributed by atoms with Gasteiger partial charge in [0.05, 0.1) is 28.4 Å². The van der Waals surface area contributed by atoms with E-state index in [0.717, 1.165) is 15.6 Å². The van der Waals surface area contributed by atoms with Crippen LogP contribution in [0.3, 0.4) is 0 Å². The van der Waals surface area contributed by atoms with Crippen molar-refractivity contribution < 1.29 is 14.7 Å². The fraction of sp³-hybridized carbons (Fsp3) is 0.125. The van der Waals surface area contributed by atoms with Gasteiger partial charge < -0.3 is 10.4 Å². The van der Waals surface area contributed by atoms with Crippen LogP contribution in [0.15, 0.2) is 65.1 Å². The Kier molecular flexibility index (Phi) is 6.15. The number of carboxylic acid groups (broad SMARTS) is 1. The van der Waals surface area contributed by atoms with Crippen molar-refractivity contribution in [2.75, 3.05) is 5.32 Å².